The van der Waals surface area contributed by atoms with Gasteiger partial charge in [0.2, 0.25) is 0 Å². The Kier molecular flexibility index (Phi) is 4.18. The van der Waals surface area contributed by atoms with Crippen LogP contribution >= 0.6 is 12.2 Å². The summed E-state index contributed by atoms with van der Waals surface area (Å²) in [5, 5.41) is 0. The van der Waals surface area contributed by atoms with Gasteiger partial charge in [-0.3, -0.25) is 0 Å². The molecule has 6 heteroatoms. The van der Waals surface area contributed by atoms with Gasteiger partial charge in [0, 0.05) is 17.2 Å². The van der Waals surface area contributed by atoms with Crippen molar-refractivity contribution in [2.24, 2.45) is 0 Å². The normalized spacial score (nSPS) is 12.0. The van der Waals surface area contributed by atoms with Crippen LogP contribution in [0.25, 0.3) is 11.3 Å². The highest BCUT2D eigenvalue weighted by Crippen LogP contribution is 2.32. The predicted molar refractivity (Wildman–Crippen MR) is 78.7 cm³/mol. The van der Waals surface area contributed by atoms with Gasteiger partial charge in [-0.15, -0.1) is 0 Å². The van der Waals surface area contributed by atoms with Crippen LogP contribution in [0.1, 0.15) is 36.7 Å². The Morgan fingerprint density at radius 3 is 2.38 bits per heavy atom. The molecule has 0 saturated heterocycles. The van der Waals surface area contributed by atoms with Crippen LogP contribution < -0.4 is 0 Å². The van der Waals surface area contributed by atoms with Gasteiger partial charge >= 0.3 is 6.18 Å². The van der Waals surface area contributed by atoms with E-state index in [4.69, 9.17) is 12.2 Å². The van der Waals surface area contributed by atoms with Crippen molar-refractivity contribution in [2.45, 2.75) is 32.9 Å². The van der Waals surface area contributed by atoms with Crippen molar-refractivity contribution in [1.82, 2.24) is 9.97 Å². The first-order chi connectivity index (χ1) is 9.68. The minimum atomic E-state index is -4.34. The van der Waals surface area contributed by atoms with Gasteiger partial charge < -0.3 is 4.98 Å². The minimum Gasteiger partial charge on any atom is -0.343 e. The summed E-state index contributed by atoms with van der Waals surface area (Å²) in [6.45, 7) is 5.59. The third-order valence-corrected chi connectivity index (χ3v) is 3.36. The predicted octanol–water partition coefficient (Wildman–Crippen LogP) is 5.26. The Morgan fingerprint density at radius 1 is 1.19 bits per heavy atom. The zero-order valence-electron chi connectivity index (χ0n) is 11.9. The second-order valence-corrected chi connectivity index (χ2v) is 5.62. The van der Waals surface area contributed by atoms with Gasteiger partial charge in [0.15, 0.2) is 0 Å². The standard InChI is InChI=1S/C15H15F3N2S/c1-8(2)14-19-12(7-13(21)20-14)11-5-4-10(6-9(11)3)15(16,17)18/h4-8H,1-3H3,(H,19,20,21). The summed E-state index contributed by atoms with van der Waals surface area (Å²) in [6, 6.07) is 5.34. The van der Waals surface area contributed by atoms with Crippen molar-refractivity contribution in [1.29, 1.82) is 0 Å². The summed E-state index contributed by atoms with van der Waals surface area (Å²) in [5.41, 5.74) is 1.26. The number of aromatic nitrogens is 2. The van der Waals surface area contributed by atoms with Crippen LogP contribution in [0.4, 0.5) is 13.2 Å². The van der Waals surface area contributed by atoms with E-state index in [9.17, 15) is 13.2 Å². The van der Waals surface area contributed by atoms with E-state index >= 15 is 0 Å². The molecule has 0 aliphatic carbocycles. The number of halogens is 3. The van der Waals surface area contributed by atoms with Crippen LogP contribution in [-0.4, -0.2) is 9.97 Å². The largest absolute Gasteiger partial charge is 0.416 e. The van der Waals surface area contributed by atoms with E-state index in [0.717, 1.165) is 18.0 Å². The van der Waals surface area contributed by atoms with Crippen LogP contribution in [0.2, 0.25) is 0 Å². The number of alkyl halides is 3. The van der Waals surface area contributed by atoms with Crippen LogP contribution in [0.5, 0.6) is 0 Å². The molecule has 21 heavy (non-hydrogen) atoms. The molecule has 112 valence electrons. The Hall–Kier alpha value is -1.69. The van der Waals surface area contributed by atoms with E-state index in [0.29, 0.717) is 21.5 Å². The fraction of sp³-hybridized carbons (Fsp3) is 0.333. The minimum absolute atomic E-state index is 0.154. The summed E-state index contributed by atoms with van der Waals surface area (Å²) >= 11 is 5.12. The van der Waals surface area contributed by atoms with Gasteiger partial charge in [0.1, 0.15) is 10.5 Å². The Labute approximate surface area is 126 Å². The van der Waals surface area contributed by atoms with Crippen LogP contribution in [0.3, 0.4) is 0 Å². The maximum absolute atomic E-state index is 12.7. The Balaban J connectivity index is 2.55. The first-order valence-corrected chi connectivity index (χ1v) is 6.89. The molecular formula is C15H15F3N2S. The van der Waals surface area contributed by atoms with Gasteiger partial charge in [-0.25, -0.2) is 4.98 Å². The number of H-pyrrole nitrogens is 1. The summed E-state index contributed by atoms with van der Waals surface area (Å²) in [6.07, 6.45) is -4.34. The van der Waals surface area contributed by atoms with E-state index in [1.54, 1.807) is 13.0 Å². The zero-order chi connectivity index (χ0) is 15.8. The SMILES string of the molecule is Cc1cc(C(F)(F)F)ccc1-c1cc(=S)nc(C(C)C)[nH]1. The third kappa shape index (κ3) is 3.50. The van der Waals surface area contributed by atoms with Crippen molar-refractivity contribution in [2.75, 3.05) is 0 Å². The lowest BCUT2D eigenvalue weighted by molar-refractivity contribution is -0.137. The topological polar surface area (TPSA) is 28.7 Å². The number of hydrogen-bond donors (Lipinski definition) is 1. The molecule has 2 nitrogen and oxygen atoms in total. The van der Waals surface area contributed by atoms with Gasteiger partial charge in [0.25, 0.3) is 0 Å². The lowest BCUT2D eigenvalue weighted by Gasteiger charge is -2.13. The molecule has 2 rings (SSSR count). The first kappa shape index (κ1) is 15.7. The second kappa shape index (κ2) is 5.60. The van der Waals surface area contributed by atoms with Crippen molar-refractivity contribution in [3.63, 3.8) is 0 Å². The number of benzene rings is 1. The van der Waals surface area contributed by atoms with Crippen molar-refractivity contribution in [3.05, 3.63) is 45.9 Å². The lowest BCUT2D eigenvalue weighted by atomic mass is 10.0. The highest BCUT2D eigenvalue weighted by Gasteiger charge is 2.30. The Bertz CT molecular complexity index is 718. The van der Waals surface area contributed by atoms with E-state index in [1.165, 1.54) is 6.07 Å². The maximum atomic E-state index is 12.7. The van der Waals surface area contributed by atoms with E-state index in [1.807, 2.05) is 13.8 Å². The van der Waals surface area contributed by atoms with Crippen LogP contribution in [0.15, 0.2) is 24.3 Å². The lowest BCUT2D eigenvalue weighted by Crippen LogP contribution is -2.06. The number of nitrogens with one attached hydrogen (secondary N) is 1. The number of hydrogen-bond acceptors (Lipinski definition) is 2. The Morgan fingerprint density at radius 2 is 1.86 bits per heavy atom. The molecule has 2 aromatic rings. The zero-order valence-corrected chi connectivity index (χ0v) is 12.7. The average Bonchev–Trinajstić information content (AvgIpc) is 2.36. The van der Waals surface area contributed by atoms with Crippen LogP contribution in [0, 0.1) is 11.6 Å². The summed E-state index contributed by atoms with van der Waals surface area (Å²) in [5.74, 6) is 0.873. The highest BCUT2D eigenvalue weighted by atomic mass is 32.1. The average molecular weight is 312 g/mol. The molecular weight excluding hydrogens is 297 g/mol. The van der Waals surface area contributed by atoms with E-state index in [2.05, 4.69) is 9.97 Å². The van der Waals surface area contributed by atoms with Gasteiger partial charge in [-0.05, 0) is 30.7 Å². The fourth-order valence-electron chi connectivity index (χ4n) is 2.04. The fourth-order valence-corrected chi connectivity index (χ4v) is 2.25. The molecule has 0 fully saturated rings. The molecule has 0 bridgehead atoms. The molecule has 1 aromatic heterocycles. The van der Waals surface area contributed by atoms with Gasteiger partial charge in [-0.2, -0.15) is 13.2 Å². The molecule has 0 saturated carbocycles. The van der Waals surface area contributed by atoms with Gasteiger partial charge in [-0.1, -0.05) is 32.1 Å². The molecule has 0 spiro atoms. The van der Waals surface area contributed by atoms with E-state index < -0.39 is 11.7 Å². The van der Waals surface area contributed by atoms with Crippen molar-refractivity contribution >= 4 is 12.2 Å². The van der Waals surface area contributed by atoms with Crippen molar-refractivity contribution < 1.29 is 13.2 Å². The van der Waals surface area contributed by atoms with E-state index in [-0.39, 0.29) is 5.92 Å². The summed E-state index contributed by atoms with van der Waals surface area (Å²) < 4.78 is 38.5. The summed E-state index contributed by atoms with van der Waals surface area (Å²) in [7, 11) is 0. The molecule has 0 unspecified atom stereocenters. The number of nitrogens with zero attached hydrogens (tertiary/aromatic N) is 1. The molecule has 1 aromatic carbocycles. The molecule has 0 aliphatic heterocycles. The molecule has 1 heterocycles. The van der Waals surface area contributed by atoms with Crippen molar-refractivity contribution in [3.8, 4) is 11.3 Å². The molecule has 0 amide bonds. The monoisotopic (exact) mass is 312 g/mol. The highest BCUT2D eigenvalue weighted by molar-refractivity contribution is 7.71. The molecule has 0 aliphatic rings. The van der Waals surface area contributed by atoms with Crippen LogP contribution in [-0.2, 0) is 6.18 Å². The van der Waals surface area contributed by atoms with Gasteiger partial charge in [0.05, 0.1) is 5.56 Å². The quantitative estimate of drug-likeness (QED) is 0.767. The number of rotatable bonds is 2. The summed E-state index contributed by atoms with van der Waals surface area (Å²) in [4.78, 5) is 7.37. The maximum Gasteiger partial charge on any atom is 0.416 e. The first-order valence-electron chi connectivity index (χ1n) is 6.48. The second-order valence-electron chi connectivity index (χ2n) is 5.20. The number of aryl methyl sites for hydroxylation is 1. The third-order valence-electron chi connectivity index (χ3n) is 3.15. The molecule has 0 radical (unpaired) electrons. The molecule has 0 atom stereocenters. The molecule has 1 N–H and O–H groups in total. The number of aromatic amines is 1. The smallest absolute Gasteiger partial charge is 0.343 e.